The van der Waals surface area contributed by atoms with Crippen LogP contribution in [0.4, 0.5) is 4.39 Å². The Morgan fingerprint density at radius 1 is 1.00 bits per heavy atom. The van der Waals surface area contributed by atoms with E-state index in [9.17, 15) is 4.79 Å². The van der Waals surface area contributed by atoms with Gasteiger partial charge in [0.2, 0.25) is 5.91 Å². The zero-order valence-electron chi connectivity index (χ0n) is 18.5. The third-order valence-electron chi connectivity index (χ3n) is 7.29. The molecule has 0 atom stereocenters. The third-order valence-corrected chi connectivity index (χ3v) is 7.29. The van der Waals surface area contributed by atoms with Gasteiger partial charge in [-0.15, -0.1) is 0 Å². The van der Waals surface area contributed by atoms with Crippen LogP contribution in [0.3, 0.4) is 0 Å². The van der Waals surface area contributed by atoms with Gasteiger partial charge in [-0.25, -0.2) is 4.39 Å². The SMILES string of the molecule is O=C1COC2(CCN(Cc3ccc(-c4ccc5nccnc5c4)cc3F)CC2)CN1C1CC1. The van der Waals surface area contributed by atoms with E-state index in [-0.39, 0.29) is 23.9 Å². The number of fused-ring (bicyclic) bond motifs is 1. The van der Waals surface area contributed by atoms with Crippen LogP contribution >= 0.6 is 0 Å². The van der Waals surface area contributed by atoms with Gasteiger partial charge in [0.1, 0.15) is 12.4 Å². The van der Waals surface area contributed by atoms with Crippen LogP contribution in [0.15, 0.2) is 48.8 Å². The number of hydrogen-bond acceptors (Lipinski definition) is 5. The Morgan fingerprint density at radius 3 is 2.48 bits per heavy atom. The van der Waals surface area contributed by atoms with Gasteiger partial charge in [0.15, 0.2) is 0 Å². The van der Waals surface area contributed by atoms with Crippen LogP contribution in [0.5, 0.6) is 0 Å². The molecular weight excluding hydrogens is 419 g/mol. The summed E-state index contributed by atoms with van der Waals surface area (Å²) < 4.78 is 21.1. The van der Waals surface area contributed by atoms with Gasteiger partial charge in [0.05, 0.1) is 23.2 Å². The molecule has 33 heavy (non-hydrogen) atoms. The van der Waals surface area contributed by atoms with E-state index in [0.717, 1.165) is 60.9 Å². The summed E-state index contributed by atoms with van der Waals surface area (Å²) in [7, 11) is 0. The topological polar surface area (TPSA) is 58.6 Å². The van der Waals surface area contributed by atoms with Crippen molar-refractivity contribution in [3.05, 3.63) is 60.2 Å². The molecule has 2 aliphatic heterocycles. The molecule has 7 heteroatoms. The fraction of sp³-hybridized carbons (Fsp3) is 0.423. The van der Waals surface area contributed by atoms with Crippen LogP contribution in [0.2, 0.25) is 0 Å². The zero-order chi connectivity index (χ0) is 22.4. The first kappa shape index (κ1) is 20.7. The van der Waals surface area contributed by atoms with E-state index in [4.69, 9.17) is 4.74 Å². The first-order valence-electron chi connectivity index (χ1n) is 11.7. The maximum Gasteiger partial charge on any atom is 0.248 e. The van der Waals surface area contributed by atoms with Gasteiger partial charge in [-0.05, 0) is 55.0 Å². The predicted molar refractivity (Wildman–Crippen MR) is 123 cm³/mol. The molecule has 1 saturated carbocycles. The van der Waals surface area contributed by atoms with Gasteiger partial charge in [0.25, 0.3) is 0 Å². The third kappa shape index (κ3) is 4.11. The summed E-state index contributed by atoms with van der Waals surface area (Å²) in [4.78, 5) is 25.1. The van der Waals surface area contributed by atoms with E-state index in [1.165, 1.54) is 0 Å². The highest BCUT2D eigenvalue weighted by atomic mass is 19.1. The number of carbonyl (C=O) groups is 1. The minimum absolute atomic E-state index is 0.131. The fourth-order valence-electron chi connectivity index (χ4n) is 5.12. The average Bonchev–Trinajstić information content (AvgIpc) is 3.69. The van der Waals surface area contributed by atoms with Gasteiger partial charge in [0, 0.05) is 43.6 Å². The van der Waals surface area contributed by atoms with E-state index < -0.39 is 0 Å². The van der Waals surface area contributed by atoms with Crippen molar-refractivity contribution in [2.45, 2.75) is 43.9 Å². The molecule has 0 bridgehead atoms. The van der Waals surface area contributed by atoms with Crippen molar-refractivity contribution >= 4 is 16.9 Å². The van der Waals surface area contributed by atoms with Crippen LogP contribution in [0.1, 0.15) is 31.2 Å². The van der Waals surface area contributed by atoms with Crippen molar-refractivity contribution in [1.82, 2.24) is 19.8 Å². The second-order valence-corrected chi connectivity index (χ2v) is 9.57. The van der Waals surface area contributed by atoms with Crippen molar-refractivity contribution in [1.29, 1.82) is 0 Å². The van der Waals surface area contributed by atoms with Gasteiger partial charge in [-0.1, -0.05) is 18.2 Å². The number of ether oxygens (including phenoxy) is 1. The Morgan fingerprint density at radius 2 is 1.73 bits per heavy atom. The van der Waals surface area contributed by atoms with Crippen LogP contribution in [0.25, 0.3) is 22.2 Å². The van der Waals surface area contributed by atoms with Crippen molar-refractivity contribution in [2.75, 3.05) is 26.2 Å². The molecule has 6 nitrogen and oxygen atoms in total. The molecule has 1 amide bonds. The summed E-state index contributed by atoms with van der Waals surface area (Å²) >= 11 is 0. The number of piperidine rings is 1. The summed E-state index contributed by atoms with van der Waals surface area (Å²) in [5.74, 6) is -0.0578. The van der Waals surface area contributed by atoms with Gasteiger partial charge >= 0.3 is 0 Å². The lowest BCUT2D eigenvalue weighted by atomic mass is 9.89. The molecule has 2 aromatic carbocycles. The summed E-state index contributed by atoms with van der Waals surface area (Å²) in [6.45, 7) is 3.18. The lowest BCUT2D eigenvalue weighted by molar-refractivity contribution is -0.172. The van der Waals surface area contributed by atoms with Crippen molar-refractivity contribution < 1.29 is 13.9 Å². The largest absolute Gasteiger partial charge is 0.363 e. The monoisotopic (exact) mass is 446 g/mol. The number of benzene rings is 2. The summed E-state index contributed by atoms with van der Waals surface area (Å²) in [5.41, 5.74) is 3.87. The molecule has 3 aromatic rings. The van der Waals surface area contributed by atoms with Crippen LogP contribution in [-0.4, -0.2) is 63.6 Å². The summed E-state index contributed by atoms with van der Waals surface area (Å²) in [6, 6.07) is 11.7. The molecule has 3 fully saturated rings. The molecule has 6 rings (SSSR count). The number of likely N-dealkylation sites (tertiary alicyclic amines) is 1. The predicted octanol–water partition coefficient (Wildman–Crippen LogP) is 3.79. The maximum absolute atomic E-state index is 15.0. The van der Waals surface area contributed by atoms with E-state index >= 15 is 4.39 Å². The molecule has 0 N–H and O–H groups in total. The lowest BCUT2D eigenvalue weighted by Gasteiger charge is -2.47. The first-order valence-corrected chi connectivity index (χ1v) is 11.7. The second kappa shape index (κ2) is 8.15. The van der Waals surface area contributed by atoms with Gasteiger partial charge in [-0.2, -0.15) is 0 Å². The van der Waals surface area contributed by atoms with Crippen molar-refractivity contribution in [3.8, 4) is 11.1 Å². The van der Waals surface area contributed by atoms with Gasteiger partial charge in [-0.3, -0.25) is 19.7 Å². The van der Waals surface area contributed by atoms with Crippen LogP contribution < -0.4 is 0 Å². The normalized spacial score (nSPS) is 21.1. The molecule has 1 aromatic heterocycles. The highest BCUT2D eigenvalue weighted by molar-refractivity contribution is 5.81. The standard InChI is InChI=1S/C26H27FN4O2/c27-22-13-18(19-3-6-23-24(14-19)29-10-9-28-23)1-2-20(22)15-30-11-7-26(8-12-30)17-31(21-4-5-21)25(32)16-33-26/h1-3,6,9-10,13-14,21H,4-5,7-8,11-12,15-17H2. The second-order valence-electron chi connectivity index (χ2n) is 9.57. The smallest absolute Gasteiger partial charge is 0.248 e. The van der Waals surface area contributed by atoms with E-state index in [0.29, 0.717) is 24.7 Å². The fourth-order valence-corrected chi connectivity index (χ4v) is 5.12. The highest BCUT2D eigenvalue weighted by Gasteiger charge is 2.46. The average molecular weight is 447 g/mol. The molecule has 0 radical (unpaired) electrons. The minimum atomic E-state index is -0.228. The number of nitrogens with zero attached hydrogens (tertiary/aromatic N) is 4. The highest BCUT2D eigenvalue weighted by Crippen LogP contribution is 2.36. The minimum Gasteiger partial charge on any atom is -0.363 e. The number of rotatable bonds is 4. The van der Waals surface area contributed by atoms with E-state index in [1.807, 2.05) is 35.2 Å². The molecule has 0 unspecified atom stereocenters. The lowest BCUT2D eigenvalue weighted by Crippen LogP contribution is -2.59. The zero-order valence-corrected chi connectivity index (χ0v) is 18.5. The van der Waals surface area contributed by atoms with E-state index in [2.05, 4.69) is 14.9 Å². The number of morpholine rings is 1. The molecule has 1 spiro atoms. The Hall–Kier alpha value is -2.90. The van der Waals surface area contributed by atoms with Crippen LogP contribution in [0, 0.1) is 5.82 Å². The Kier molecular flexibility index (Phi) is 5.11. The summed E-state index contributed by atoms with van der Waals surface area (Å²) in [5, 5.41) is 0. The molecule has 3 heterocycles. The molecule has 170 valence electrons. The molecule has 3 aliphatic rings. The maximum atomic E-state index is 15.0. The number of amides is 1. The number of hydrogen-bond donors (Lipinski definition) is 0. The summed E-state index contributed by atoms with van der Waals surface area (Å²) in [6.07, 6.45) is 7.33. The van der Waals surface area contributed by atoms with Crippen LogP contribution in [-0.2, 0) is 16.1 Å². The van der Waals surface area contributed by atoms with Crippen molar-refractivity contribution in [3.63, 3.8) is 0 Å². The van der Waals surface area contributed by atoms with E-state index in [1.54, 1.807) is 18.5 Å². The first-order chi connectivity index (χ1) is 16.1. The molecule has 2 saturated heterocycles. The number of carbonyl (C=O) groups excluding carboxylic acids is 1. The Balaban J connectivity index is 1.12. The number of halogens is 1. The quantitative estimate of drug-likeness (QED) is 0.610. The molecule has 1 aliphatic carbocycles. The molecular formula is C26H27FN4O2. The van der Waals surface area contributed by atoms with Gasteiger partial charge < -0.3 is 9.64 Å². The van der Waals surface area contributed by atoms with Crippen molar-refractivity contribution in [2.24, 2.45) is 0 Å². The number of aromatic nitrogens is 2. The Bertz CT molecular complexity index is 1200. The Labute approximate surface area is 192 Å².